The van der Waals surface area contributed by atoms with Crippen LogP contribution in [-0.2, 0) is 4.79 Å². The van der Waals surface area contributed by atoms with E-state index < -0.39 is 5.97 Å². The molecule has 1 fully saturated rings. The maximum Gasteiger partial charge on any atom is 0.317 e. The largest absolute Gasteiger partial charge is 0.481 e. The zero-order chi connectivity index (χ0) is 15.1. The molecule has 0 aliphatic heterocycles. The van der Waals surface area contributed by atoms with Crippen molar-refractivity contribution in [2.24, 2.45) is 11.8 Å². The first-order chi connectivity index (χ1) is 9.40. The van der Waals surface area contributed by atoms with Crippen molar-refractivity contribution in [1.82, 2.24) is 10.2 Å². The van der Waals surface area contributed by atoms with Crippen LogP contribution in [0.5, 0.6) is 0 Å². The summed E-state index contributed by atoms with van der Waals surface area (Å²) in [7, 11) is 0. The van der Waals surface area contributed by atoms with Crippen LogP contribution in [0, 0.1) is 11.8 Å². The van der Waals surface area contributed by atoms with Crippen LogP contribution in [0.1, 0.15) is 52.9 Å². The smallest absolute Gasteiger partial charge is 0.317 e. The molecule has 5 heteroatoms. The molecular formula is C15H28N2O3. The van der Waals surface area contributed by atoms with E-state index in [0.717, 1.165) is 12.5 Å². The molecular weight excluding hydrogens is 256 g/mol. The second kappa shape index (κ2) is 8.12. The molecule has 1 aliphatic rings. The van der Waals surface area contributed by atoms with Crippen molar-refractivity contribution in [3.8, 4) is 0 Å². The minimum Gasteiger partial charge on any atom is -0.481 e. The first-order valence-electron chi connectivity index (χ1n) is 7.66. The van der Waals surface area contributed by atoms with Crippen molar-refractivity contribution in [3.63, 3.8) is 0 Å². The highest BCUT2D eigenvalue weighted by molar-refractivity contribution is 5.74. The minimum absolute atomic E-state index is 0.0649. The Hall–Kier alpha value is -1.26. The average molecular weight is 284 g/mol. The number of hydrogen-bond donors (Lipinski definition) is 2. The number of urea groups is 1. The number of carboxylic acid groups (broad SMARTS) is 1. The number of nitrogens with one attached hydrogen (secondary N) is 1. The fourth-order valence-corrected chi connectivity index (χ4v) is 2.84. The van der Waals surface area contributed by atoms with E-state index in [9.17, 15) is 9.59 Å². The Morgan fingerprint density at radius 1 is 1.35 bits per heavy atom. The fraction of sp³-hybridized carbons (Fsp3) is 0.867. The van der Waals surface area contributed by atoms with Gasteiger partial charge in [-0.1, -0.05) is 13.3 Å². The third kappa shape index (κ3) is 5.80. The number of nitrogens with zero attached hydrogens (tertiary/aromatic N) is 1. The van der Waals surface area contributed by atoms with Crippen LogP contribution in [-0.4, -0.2) is 41.1 Å². The van der Waals surface area contributed by atoms with Gasteiger partial charge in [0.05, 0.1) is 0 Å². The first-order valence-corrected chi connectivity index (χ1v) is 7.66. The summed E-state index contributed by atoms with van der Waals surface area (Å²) < 4.78 is 0. The van der Waals surface area contributed by atoms with Gasteiger partial charge in [0.15, 0.2) is 0 Å². The third-order valence-corrected chi connectivity index (χ3v) is 4.02. The molecule has 5 nitrogen and oxygen atoms in total. The van der Waals surface area contributed by atoms with Crippen LogP contribution >= 0.6 is 0 Å². The van der Waals surface area contributed by atoms with Gasteiger partial charge in [-0.3, -0.25) is 4.79 Å². The number of carbonyl (C=O) groups is 2. The van der Waals surface area contributed by atoms with Crippen molar-refractivity contribution < 1.29 is 14.7 Å². The highest BCUT2D eigenvalue weighted by atomic mass is 16.4. The molecule has 0 aromatic carbocycles. The Morgan fingerprint density at radius 3 is 2.55 bits per heavy atom. The second-order valence-electron chi connectivity index (χ2n) is 6.25. The first kappa shape index (κ1) is 16.8. The summed E-state index contributed by atoms with van der Waals surface area (Å²) in [5, 5.41) is 11.7. The average Bonchev–Trinajstić information content (AvgIpc) is 2.77. The van der Waals surface area contributed by atoms with Gasteiger partial charge in [-0.2, -0.15) is 0 Å². The van der Waals surface area contributed by atoms with Crippen molar-refractivity contribution in [3.05, 3.63) is 0 Å². The molecule has 0 aromatic rings. The number of aliphatic carboxylic acids is 1. The van der Waals surface area contributed by atoms with E-state index in [1.54, 1.807) is 4.90 Å². The van der Waals surface area contributed by atoms with Gasteiger partial charge in [-0.15, -0.1) is 0 Å². The zero-order valence-corrected chi connectivity index (χ0v) is 12.9. The summed E-state index contributed by atoms with van der Waals surface area (Å²) >= 11 is 0. The van der Waals surface area contributed by atoms with Crippen molar-refractivity contribution in [2.75, 3.05) is 13.1 Å². The van der Waals surface area contributed by atoms with Crippen molar-refractivity contribution in [2.45, 2.75) is 58.9 Å². The van der Waals surface area contributed by atoms with Gasteiger partial charge in [-0.05, 0) is 44.9 Å². The standard InChI is InChI=1S/C15H28N2O3/c1-11(2)17(8-4-5-14(18)19)15(20)16-10-13-7-6-12(3)9-13/h11-13H,4-10H2,1-3H3,(H,16,20)(H,18,19). The van der Waals surface area contributed by atoms with Crippen LogP contribution in [0.2, 0.25) is 0 Å². The van der Waals surface area contributed by atoms with Gasteiger partial charge in [0.2, 0.25) is 0 Å². The molecule has 1 saturated carbocycles. The van der Waals surface area contributed by atoms with E-state index >= 15 is 0 Å². The zero-order valence-electron chi connectivity index (χ0n) is 12.9. The Kier molecular flexibility index (Phi) is 6.82. The van der Waals surface area contributed by atoms with E-state index in [-0.39, 0.29) is 18.5 Å². The summed E-state index contributed by atoms with van der Waals surface area (Å²) in [6, 6.07) is 0.0243. The Balaban J connectivity index is 2.33. The van der Waals surface area contributed by atoms with Gasteiger partial charge < -0.3 is 15.3 Å². The van der Waals surface area contributed by atoms with E-state index in [2.05, 4.69) is 12.2 Å². The normalized spacial score (nSPS) is 22.0. The predicted octanol–water partition coefficient (Wildman–Crippen LogP) is 2.71. The fourth-order valence-electron chi connectivity index (χ4n) is 2.84. The van der Waals surface area contributed by atoms with Crippen LogP contribution in [0.3, 0.4) is 0 Å². The molecule has 2 atom stereocenters. The molecule has 2 unspecified atom stereocenters. The molecule has 0 aromatic heterocycles. The lowest BCUT2D eigenvalue weighted by Crippen LogP contribution is -2.45. The quantitative estimate of drug-likeness (QED) is 0.755. The third-order valence-electron chi connectivity index (χ3n) is 4.02. The summed E-state index contributed by atoms with van der Waals surface area (Å²) in [6.45, 7) is 7.41. The topological polar surface area (TPSA) is 69.6 Å². The maximum absolute atomic E-state index is 12.2. The van der Waals surface area contributed by atoms with Gasteiger partial charge in [0, 0.05) is 25.6 Å². The van der Waals surface area contributed by atoms with Crippen LogP contribution < -0.4 is 5.32 Å². The molecule has 0 bridgehead atoms. The number of rotatable bonds is 7. The lowest BCUT2D eigenvalue weighted by Gasteiger charge is -2.27. The number of carbonyl (C=O) groups excluding carboxylic acids is 1. The monoisotopic (exact) mass is 284 g/mol. The van der Waals surface area contributed by atoms with Gasteiger partial charge in [0.1, 0.15) is 0 Å². The Morgan fingerprint density at radius 2 is 2.05 bits per heavy atom. The molecule has 2 N–H and O–H groups in total. The van der Waals surface area contributed by atoms with Crippen LogP contribution in [0.4, 0.5) is 4.79 Å². The lowest BCUT2D eigenvalue weighted by molar-refractivity contribution is -0.137. The summed E-state index contributed by atoms with van der Waals surface area (Å²) in [6.07, 6.45) is 4.26. The van der Waals surface area contributed by atoms with E-state index in [4.69, 9.17) is 5.11 Å². The van der Waals surface area contributed by atoms with Crippen LogP contribution in [0.15, 0.2) is 0 Å². The van der Waals surface area contributed by atoms with E-state index in [1.165, 1.54) is 19.3 Å². The molecule has 0 heterocycles. The number of amides is 2. The van der Waals surface area contributed by atoms with Gasteiger partial charge >= 0.3 is 12.0 Å². The van der Waals surface area contributed by atoms with Crippen molar-refractivity contribution >= 4 is 12.0 Å². The van der Waals surface area contributed by atoms with E-state index in [1.807, 2.05) is 13.8 Å². The van der Waals surface area contributed by atoms with Crippen molar-refractivity contribution in [1.29, 1.82) is 0 Å². The molecule has 0 spiro atoms. The Bertz CT molecular complexity index is 331. The molecule has 0 radical (unpaired) electrons. The number of hydrogen-bond acceptors (Lipinski definition) is 2. The highest BCUT2D eigenvalue weighted by Gasteiger charge is 2.23. The molecule has 116 valence electrons. The maximum atomic E-state index is 12.2. The molecule has 1 rings (SSSR count). The molecule has 0 saturated heterocycles. The summed E-state index contributed by atoms with van der Waals surface area (Å²) in [5.41, 5.74) is 0. The summed E-state index contributed by atoms with van der Waals surface area (Å²) in [5.74, 6) is 0.560. The predicted molar refractivity (Wildman–Crippen MR) is 78.6 cm³/mol. The molecule has 20 heavy (non-hydrogen) atoms. The molecule has 2 amide bonds. The number of carboxylic acids is 1. The SMILES string of the molecule is CC1CCC(CNC(=O)N(CCCC(=O)O)C(C)C)C1. The minimum atomic E-state index is -0.811. The lowest BCUT2D eigenvalue weighted by atomic mass is 10.1. The summed E-state index contributed by atoms with van der Waals surface area (Å²) in [4.78, 5) is 24.4. The van der Waals surface area contributed by atoms with Gasteiger partial charge in [-0.25, -0.2) is 4.79 Å². The van der Waals surface area contributed by atoms with Gasteiger partial charge in [0.25, 0.3) is 0 Å². The second-order valence-corrected chi connectivity index (χ2v) is 6.25. The van der Waals surface area contributed by atoms with E-state index in [0.29, 0.717) is 18.9 Å². The van der Waals surface area contributed by atoms with Crippen LogP contribution in [0.25, 0.3) is 0 Å². The Labute approximate surface area is 121 Å². The molecule has 1 aliphatic carbocycles. The highest BCUT2D eigenvalue weighted by Crippen LogP contribution is 2.29.